The van der Waals surface area contributed by atoms with Gasteiger partial charge in [-0.1, -0.05) is 60.7 Å². The molecule has 3 rings (SSSR count). The highest BCUT2D eigenvalue weighted by molar-refractivity contribution is 5.94. The molecule has 2 aromatic carbocycles. The third kappa shape index (κ3) is 11.2. The predicted octanol–water partition coefficient (Wildman–Crippen LogP) is -0.642. The van der Waals surface area contributed by atoms with Crippen molar-refractivity contribution in [2.24, 2.45) is 22.2 Å². The summed E-state index contributed by atoms with van der Waals surface area (Å²) < 4.78 is 0. The van der Waals surface area contributed by atoms with E-state index in [0.29, 0.717) is 17.7 Å². The minimum atomic E-state index is -1.25. The molecule has 0 bridgehead atoms. The summed E-state index contributed by atoms with van der Waals surface area (Å²) in [6, 6.07) is 13.6. The van der Waals surface area contributed by atoms with Crippen molar-refractivity contribution in [2.75, 3.05) is 6.54 Å². The summed E-state index contributed by atoms with van der Waals surface area (Å²) in [5.41, 5.74) is 19.1. The Morgan fingerprint density at radius 1 is 0.795 bits per heavy atom. The van der Waals surface area contributed by atoms with Crippen LogP contribution in [0.3, 0.4) is 0 Å². The van der Waals surface area contributed by atoms with Crippen LogP contribution >= 0.6 is 0 Å². The van der Waals surface area contributed by atoms with E-state index in [0.717, 1.165) is 5.56 Å². The zero-order valence-electron chi connectivity index (χ0n) is 24.2. The number of H-pyrrole nitrogens is 1. The Morgan fingerprint density at radius 3 is 1.93 bits per heavy atom. The van der Waals surface area contributed by atoms with E-state index >= 15 is 0 Å². The van der Waals surface area contributed by atoms with E-state index in [-0.39, 0.29) is 38.2 Å². The summed E-state index contributed by atoms with van der Waals surface area (Å²) in [7, 11) is 0. The molecule has 0 aliphatic heterocycles. The number of carbonyl (C=O) groups excluding carboxylic acids is 3. The zero-order chi connectivity index (χ0) is 31.9. The van der Waals surface area contributed by atoms with Crippen LogP contribution in [0, 0.1) is 0 Å². The Labute approximate surface area is 254 Å². The second-order valence-electron chi connectivity index (χ2n) is 10.2. The highest BCUT2D eigenvalue weighted by Crippen LogP contribution is 2.08. The molecule has 11 N–H and O–H groups in total. The van der Waals surface area contributed by atoms with Gasteiger partial charge in [0.15, 0.2) is 5.96 Å². The second kappa shape index (κ2) is 17.0. The van der Waals surface area contributed by atoms with Crippen LogP contribution in [0.25, 0.3) is 0 Å². The van der Waals surface area contributed by atoms with Crippen molar-refractivity contribution in [3.05, 3.63) is 90.0 Å². The van der Waals surface area contributed by atoms with E-state index in [1.165, 1.54) is 12.5 Å². The van der Waals surface area contributed by atoms with Crippen LogP contribution in [-0.4, -0.2) is 75.4 Å². The summed E-state index contributed by atoms with van der Waals surface area (Å²) in [5.74, 6) is -3.30. The van der Waals surface area contributed by atoms with Gasteiger partial charge in [0.2, 0.25) is 17.7 Å². The fraction of sp³-hybridized carbons (Fsp3) is 0.333. The van der Waals surface area contributed by atoms with Crippen molar-refractivity contribution in [3.63, 3.8) is 0 Å². The van der Waals surface area contributed by atoms with Crippen molar-refractivity contribution in [3.8, 4) is 0 Å². The van der Waals surface area contributed by atoms with E-state index in [2.05, 4.69) is 30.9 Å². The number of imidazole rings is 1. The van der Waals surface area contributed by atoms with E-state index < -0.39 is 47.9 Å². The Bertz CT molecular complexity index is 1380. The largest absolute Gasteiger partial charge is 0.480 e. The highest BCUT2D eigenvalue weighted by atomic mass is 16.4. The molecule has 1 heterocycles. The summed E-state index contributed by atoms with van der Waals surface area (Å²) in [4.78, 5) is 62.8. The van der Waals surface area contributed by atoms with Crippen molar-refractivity contribution >= 4 is 29.7 Å². The van der Waals surface area contributed by atoms with Gasteiger partial charge in [-0.25, -0.2) is 9.78 Å². The molecule has 234 valence electrons. The molecule has 3 amide bonds. The Kier molecular flexibility index (Phi) is 12.9. The average molecular weight is 606 g/mol. The summed E-state index contributed by atoms with van der Waals surface area (Å²) in [6.07, 6.45) is 3.65. The minimum Gasteiger partial charge on any atom is -0.480 e. The number of aliphatic imine (C=N–C) groups is 1. The van der Waals surface area contributed by atoms with Crippen LogP contribution in [0.2, 0.25) is 0 Å². The van der Waals surface area contributed by atoms with Gasteiger partial charge in [-0.2, -0.15) is 0 Å². The molecule has 0 radical (unpaired) electrons. The maximum atomic E-state index is 13.6. The number of carbonyl (C=O) groups is 4. The molecule has 14 heteroatoms. The SMILES string of the molecule is NC(N)=NCCCC(NC(=O)C(Cc1cnc[nH]1)NC(=O)C(N)Cc1ccccc1)C(=O)NC(Cc1ccccc1)C(=O)O. The first-order valence-electron chi connectivity index (χ1n) is 14.1. The van der Waals surface area contributed by atoms with E-state index in [4.69, 9.17) is 17.2 Å². The number of aliphatic carboxylic acids is 1. The van der Waals surface area contributed by atoms with Crippen molar-refractivity contribution in [1.29, 1.82) is 0 Å². The van der Waals surface area contributed by atoms with Crippen LogP contribution in [-0.2, 0) is 38.4 Å². The van der Waals surface area contributed by atoms with Crippen molar-refractivity contribution < 1.29 is 24.3 Å². The van der Waals surface area contributed by atoms with E-state index in [1.807, 2.05) is 30.3 Å². The smallest absolute Gasteiger partial charge is 0.326 e. The van der Waals surface area contributed by atoms with Gasteiger partial charge >= 0.3 is 5.97 Å². The molecular weight excluding hydrogens is 566 g/mol. The number of nitrogens with zero attached hydrogens (tertiary/aromatic N) is 2. The molecule has 3 aromatic rings. The normalized spacial score (nSPS) is 13.5. The molecule has 0 spiro atoms. The molecule has 0 saturated heterocycles. The van der Waals surface area contributed by atoms with Crippen LogP contribution in [0.5, 0.6) is 0 Å². The predicted molar refractivity (Wildman–Crippen MR) is 164 cm³/mol. The summed E-state index contributed by atoms with van der Waals surface area (Å²) in [5, 5.41) is 17.7. The number of guanidine groups is 1. The first-order valence-corrected chi connectivity index (χ1v) is 14.1. The van der Waals surface area contributed by atoms with Crippen LogP contribution < -0.4 is 33.2 Å². The lowest BCUT2D eigenvalue weighted by Crippen LogP contribution is -2.58. The molecule has 0 aliphatic rings. The van der Waals surface area contributed by atoms with Gasteiger partial charge in [-0.3, -0.25) is 19.4 Å². The number of nitrogens with one attached hydrogen (secondary N) is 4. The monoisotopic (exact) mass is 605 g/mol. The summed E-state index contributed by atoms with van der Waals surface area (Å²) in [6.45, 7) is 0.178. The lowest BCUT2D eigenvalue weighted by atomic mass is 10.0. The molecule has 0 saturated carbocycles. The number of hydrogen-bond donors (Lipinski definition) is 8. The van der Waals surface area contributed by atoms with Gasteiger partial charge in [-0.05, 0) is 30.4 Å². The van der Waals surface area contributed by atoms with Gasteiger partial charge in [-0.15, -0.1) is 0 Å². The molecule has 0 aliphatic carbocycles. The highest BCUT2D eigenvalue weighted by Gasteiger charge is 2.30. The number of carboxylic acids is 1. The lowest BCUT2D eigenvalue weighted by Gasteiger charge is -2.25. The Balaban J connectivity index is 1.76. The first kappa shape index (κ1) is 33.3. The standard InChI is InChI=1S/C30H39N9O5/c31-22(14-19-8-3-1-4-9-19)26(40)38-24(16-21-17-34-18-36-21)28(42)37-23(12-7-13-35-30(32)33)27(41)39-25(29(43)44)15-20-10-5-2-6-11-20/h1-6,8-11,17-18,22-25H,7,12-16,31H2,(H,34,36)(H,37,42)(H,38,40)(H,39,41)(H,43,44)(H4,32,33,35). The fourth-order valence-corrected chi connectivity index (χ4v) is 4.43. The third-order valence-electron chi connectivity index (χ3n) is 6.72. The molecular formula is C30H39N9O5. The van der Waals surface area contributed by atoms with Crippen LogP contribution in [0.15, 0.2) is 78.2 Å². The number of nitrogens with two attached hydrogens (primary N) is 3. The fourth-order valence-electron chi connectivity index (χ4n) is 4.43. The van der Waals surface area contributed by atoms with Gasteiger partial charge in [0, 0.05) is 31.3 Å². The van der Waals surface area contributed by atoms with Crippen LogP contribution in [0.4, 0.5) is 0 Å². The number of aromatic amines is 1. The molecule has 4 atom stereocenters. The van der Waals surface area contributed by atoms with Gasteiger partial charge < -0.3 is 43.2 Å². The number of benzene rings is 2. The zero-order valence-corrected chi connectivity index (χ0v) is 24.2. The molecule has 4 unspecified atom stereocenters. The molecule has 1 aromatic heterocycles. The van der Waals surface area contributed by atoms with Gasteiger partial charge in [0.05, 0.1) is 12.4 Å². The van der Waals surface area contributed by atoms with Crippen LogP contribution in [0.1, 0.15) is 29.7 Å². The first-order chi connectivity index (χ1) is 21.1. The number of rotatable bonds is 17. The number of carboxylic acid groups (broad SMARTS) is 1. The summed E-state index contributed by atoms with van der Waals surface area (Å²) >= 11 is 0. The topological polar surface area (TPSA) is 244 Å². The molecule has 0 fully saturated rings. The second-order valence-corrected chi connectivity index (χ2v) is 10.2. The van der Waals surface area contributed by atoms with E-state index in [1.54, 1.807) is 30.3 Å². The average Bonchev–Trinajstić information content (AvgIpc) is 3.52. The minimum absolute atomic E-state index is 0.0315. The molecule has 44 heavy (non-hydrogen) atoms. The van der Waals surface area contributed by atoms with E-state index in [9.17, 15) is 24.3 Å². The number of amides is 3. The number of hydrogen-bond acceptors (Lipinski definition) is 7. The third-order valence-corrected chi connectivity index (χ3v) is 6.72. The number of aromatic nitrogens is 2. The van der Waals surface area contributed by atoms with Crippen molar-refractivity contribution in [2.45, 2.75) is 56.3 Å². The molecule has 14 nitrogen and oxygen atoms in total. The maximum absolute atomic E-state index is 13.6. The van der Waals surface area contributed by atoms with Gasteiger partial charge in [0.25, 0.3) is 0 Å². The lowest BCUT2D eigenvalue weighted by molar-refractivity contribution is -0.142. The Hall–Kier alpha value is -5.24. The van der Waals surface area contributed by atoms with Crippen molar-refractivity contribution in [1.82, 2.24) is 25.9 Å². The maximum Gasteiger partial charge on any atom is 0.326 e. The quantitative estimate of drug-likeness (QED) is 0.0553. The van der Waals surface area contributed by atoms with Gasteiger partial charge in [0.1, 0.15) is 18.1 Å². The Morgan fingerprint density at radius 2 is 1.36 bits per heavy atom.